The second kappa shape index (κ2) is 3.73. The zero-order valence-electron chi connectivity index (χ0n) is 8.05. The molecule has 0 aliphatic carbocycles. The Hall–Kier alpha value is -2.24. The molecule has 2 rings (SSSR count). The third kappa shape index (κ3) is 1.77. The van der Waals surface area contributed by atoms with Crippen LogP contribution in [0.1, 0.15) is 5.56 Å². The van der Waals surface area contributed by atoms with Crippen LogP contribution in [-0.4, -0.2) is 20.5 Å². The second-order valence-corrected chi connectivity index (χ2v) is 3.23. The predicted octanol–water partition coefficient (Wildman–Crippen LogP) is 0.461. The minimum absolute atomic E-state index is 0.0663. The van der Waals surface area contributed by atoms with Crippen LogP contribution in [0.4, 0.5) is 4.39 Å². The Balaban J connectivity index is 2.66. The highest BCUT2D eigenvalue weighted by atomic mass is 19.1. The number of rotatable bonds is 2. The zero-order valence-corrected chi connectivity index (χ0v) is 8.05. The van der Waals surface area contributed by atoms with Crippen molar-refractivity contribution >= 4 is 11.6 Å². The molecular weight excluding hydrogens is 215 g/mol. The van der Waals surface area contributed by atoms with Crippen LogP contribution < -0.4 is 5.56 Å². The summed E-state index contributed by atoms with van der Waals surface area (Å²) < 4.78 is 13.9. The minimum atomic E-state index is -1.11. The van der Waals surface area contributed by atoms with Gasteiger partial charge in [0.25, 0.3) is 5.56 Å². The van der Waals surface area contributed by atoms with Gasteiger partial charge in [0.05, 0.1) is 6.42 Å². The van der Waals surface area contributed by atoms with Crippen LogP contribution in [0.25, 0.3) is 5.65 Å². The molecule has 2 heterocycles. The van der Waals surface area contributed by atoms with Crippen molar-refractivity contribution in [2.75, 3.05) is 0 Å². The van der Waals surface area contributed by atoms with Gasteiger partial charge in [-0.1, -0.05) is 0 Å². The van der Waals surface area contributed by atoms with Gasteiger partial charge >= 0.3 is 5.97 Å². The van der Waals surface area contributed by atoms with Gasteiger partial charge in [-0.05, 0) is 6.07 Å². The second-order valence-electron chi connectivity index (χ2n) is 3.23. The molecule has 0 saturated heterocycles. The lowest BCUT2D eigenvalue weighted by molar-refractivity contribution is -0.136. The number of aliphatic carboxylic acids is 1. The summed E-state index contributed by atoms with van der Waals surface area (Å²) in [4.78, 5) is 26.0. The standard InChI is InChI=1S/C10H7FN2O3/c11-7-1-2-13-8(4-7)12-5-6(10(13)16)3-9(14)15/h1-2,4-5H,3H2,(H,14,15). The first kappa shape index (κ1) is 10.3. The van der Waals surface area contributed by atoms with Crippen molar-refractivity contribution < 1.29 is 14.3 Å². The molecule has 1 N–H and O–H groups in total. The average molecular weight is 222 g/mol. The van der Waals surface area contributed by atoms with Crippen molar-refractivity contribution in [2.45, 2.75) is 6.42 Å². The van der Waals surface area contributed by atoms with Gasteiger partial charge in [-0.3, -0.25) is 14.0 Å². The molecule has 0 aliphatic rings. The number of halogens is 1. The Kier molecular flexibility index (Phi) is 2.40. The number of hydrogen-bond acceptors (Lipinski definition) is 3. The van der Waals surface area contributed by atoms with Gasteiger partial charge in [0.2, 0.25) is 0 Å². The molecule has 6 heteroatoms. The van der Waals surface area contributed by atoms with Gasteiger partial charge in [-0.15, -0.1) is 0 Å². The molecule has 0 unspecified atom stereocenters. The van der Waals surface area contributed by atoms with Crippen molar-refractivity contribution in [2.24, 2.45) is 0 Å². The molecule has 0 amide bonds. The summed E-state index contributed by atoms with van der Waals surface area (Å²) in [5.41, 5.74) is -0.275. The molecule has 0 spiro atoms. The Morgan fingerprint density at radius 3 is 3.00 bits per heavy atom. The van der Waals surface area contributed by atoms with Crippen LogP contribution in [0, 0.1) is 5.82 Å². The van der Waals surface area contributed by atoms with E-state index in [1.165, 1.54) is 6.20 Å². The summed E-state index contributed by atoms with van der Waals surface area (Å²) in [5, 5.41) is 8.57. The number of nitrogens with zero attached hydrogens (tertiary/aromatic N) is 2. The fourth-order valence-electron chi connectivity index (χ4n) is 1.37. The molecule has 0 bridgehead atoms. The monoisotopic (exact) mass is 222 g/mol. The smallest absolute Gasteiger partial charge is 0.308 e. The summed E-state index contributed by atoms with van der Waals surface area (Å²) in [6, 6.07) is 2.21. The molecule has 2 aromatic heterocycles. The fourth-order valence-corrected chi connectivity index (χ4v) is 1.37. The first-order valence-corrected chi connectivity index (χ1v) is 4.45. The number of pyridine rings is 1. The van der Waals surface area contributed by atoms with E-state index in [-0.39, 0.29) is 11.2 Å². The number of fused-ring (bicyclic) bond motifs is 1. The third-order valence-electron chi connectivity index (χ3n) is 2.08. The largest absolute Gasteiger partial charge is 0.481 e. The molecule has 16 heavy (non-hydrogen) atoms. The van der Waals surface area contributed by atoms with E-state index in [0.29, 0.717) is 0 Å². The summed E-state index contributed by atoms with van der Waals surface area (Å²) in [6.45, 7) is 0. The van der Waals surface area contributed by atoms with E-state index in [1.807, 2.05) is 0 Å². The molecule has 0 saturated carbocycles. The number of aromatic nitrogens is 2. The van der Waals surface area contributed by atoms with E-state index in [0.717, 1.165) is 22.7 Å². The highest BCUT2D eigenvalue weighted by molar-refractivity contribution is 5.70. The lowest BCUT2D eigenvalue weighted by Gasteiger charge is -2.01. The quantitative estimate of drug-likeness (QED) is 0.801. The molecular formula is C10H7FN2O3. The Morgan fingerprint density at radius 1 is 1.56 bits per heavy atom. The van der Waals surface area contributed by atoms with Crippen LogP contribution >= 0.6 is 0 Å². The minimum Gasteiger partial charge on any atom is -0.481 e. The lowest BCUT2D eigenvalue weighted by Crippen LogP contribution is -2.21. The van der Waals surface area contributed by atoms with Crippen LogP contribution in [0.3, 0.4) is 0 Å². The van der Waals surface area contributed by atoms with Crippen molar-refractivity contribution in [3.05, 3.63) is 46.3 Å². The zero-order chi connectivity index (χ0) is 11.7. The Morgan fingerprint density at radius 2 is 2.31 bits per heavy atom. The predicted molar refractivity (Wildman–Crippen MR) is 52.8 cm³/mol. The maximum absolute atomic E-state index is 12.8. The van der Waals surface area contributed by atoms with E-state index in [2.05, 4.69) is 4.98 Å². The summed E-state index contributed by atoms with van der Waals surface area (Å²) in [6.07, 6.45) is 1.99. The van der Waals surface area contributed by atoms with E-state index < -0.39 is 23.8 Å². The molecule has 0 atom stereocenters. The summed E-state index contributed by atoms with van der Waals surface area (Å²) in [7, 11) is 0. The van der Waals surface area contributed by atoms with E-state index in [1.54, 1.807) is 0 Å². The van der Waals surface area contributed by atoms with Gasteiger partial charge < -0.3 is 5.11 Å². The Bertz CT molecular complexity index is 621. The third-order valence-corrected chi connectivity index (χ3v) is 2.08. The summed E-state index contributed by atoms with van der Waals surface area (Å²) >= 11 is 0. The Labute approximate surface area is 88.8 Å². The fraction of sp³-hybridized carbons (Fsp3) is 0.100. The first-order chi connectivity index (χ1) is 7.58. The van der Waals surface area contributed by atoms with Gasteiger partial charge in [0, 0.05) is 24.0 Å². The normalized spacial score (nSPS) is 10.6. The maximum atomic E-state index is 12.8. The number of carbonyl (C=O) groups is 1. The van der Waals surface area contributed by atoms with E-state index >= 15 is 0 Å². The lowest BCUT2D eigenvalue weighted by atomic mass is 10.2. The molecule has 0 radical (unpaired) electrons. The first-order valence-electron chi connectivity index (χ1n) is 4.45. The summed E-state index contributed by atoms with van der Waals surface area (Å²) in [5.74, 6) is -1.61. The molecule has 0 aliphatic heterocycles. The molecule has 0 aromatic carbocycles. The SMILES string of the molecule is O=C(O)Cc1cnc2cc(F)ccn2c1=O. The van der Waals surface area contributed by atoms with Gasteiger partial charge in [0.15, 0.2) is 0 Å². The van der Waals surface area contributed by atoms with Gasteiger partial charge in [0.1, 0.15) is 11.5 Å². The van der Waals surface area contributed by atoms with Crippen LogP contribution in [0.2, 0.25) is 0 Å². The van der Waals surface area contributed by atoms with Crippen molar-refractivity contribution in [1.82, 2.24) is 9.38 Å². The maximum Gasteiger partial charge on any atom is 0.308 e. The van der Waals surface area contributed by atoms with Crippen molar-refractivity contribution in [3.8, 4) is 0 Å². The highest BCUT2D eigenvalue weighted by Crippen LogP contribution is 2.02. The van der Waals surface area contributed by atoms with Crippen LogP contribution in [-0.2, 0) is 11.2 Å². The number of carboxylic acid groups (broad SMARTS) is 1. The van der Waals surface area contributed by atoms with Crippen molar-refractivity contribution in [1.29, 1.82) is 0 Å². The average Bonchev–Trinajstić information content (AvgIpc) is 2.22. The molecule has 82 valence electrons. The van der Waals surface area contributed by atoms with Crippen LogP contribution in [0.15, 0.2) is 29.3 Å². The molecule has 0 fully saturated rings. The van der Waals surface area contributed by atoms with E-state index in [4.69, 9.17) is 5.11 Å². The van der Waals surface area contributed by atoms with Gasteiger partial charge in [-0.2, -0.15) is 0 Å². The molecule has 2 aromatic rings. The highest BCUT2D eigenvalue weighted by Gasteiger charge is 2.08. The topological polar surface area (TPSA) is 71.7 Å². The van der Waals surface area contributed by atoms with E-state index in [9.17, 15) is 14.0 Å². The number of hydrogen-bond donors (Lipinski definition) is 1. The van der Waals surface area contributed by atoms with Crippen molar-refractivity contribution in [3.63, 3.8) is 0 Å². The number of carboxylic acids is 1. The van der Waals surface area contributed by atoms with Gasteiger partial charge in [-0.25, -0.2) is 9.37 Å². The molecule has 5 nitrogen and oxygen atoms in total. The van der Waals surface area contributed by atoms with Crippen LogP contribution in [0.5, 0.6) is 0 Å².